The van der Waals surface area contributed by atoms with E-state index in [0.717, 1.165) is 12.4 Å². The zero-order valence-electron chi connectivity index (χ0n) is 9.62. The fraction of sp³-hybridized carbons (Fsp3) is 0.538. The Morgan fingerprint density at radius 3 is 2.80 bits per heavy atom. The molecule has 0 amide bonds. The summed E-state index contributed by atoms with van der Waals surface area (Å²) in [4.78, 5) is 1.43. The van der Waals surface area contributed by atoms with Crippen molar-refractivity contribution < 1.29 is 4.74 Å². The van der Waals surface area contributed by atoms with Crippen LogP contribution in [0, 0.1) is 0 Å². The minimum Gasteiger partial charge on any atom is -0.375 e. The van der Waals surface area contributed by atoms with Crippen LogP contribution in [0.1, 0.15) is 32.3 Å². The number of hydrogen-bond acceptors (Lipinski definition) is 2. The molecule has 1 aromatic rings. The number of benzene rings is 1. The second kappa shape index (κ2) is 4.18. The van der Waals surface area contributed by atoms with Gasteiger partial charge in [0.15, 0.2) is 0 Å². The van der Waals surface area contributed by atoms with Gasteiger partial charge in [-0.3, -0.25) is 0 Å². The second-order valence-corrected chi connectivity index (χ2v) is 6.03. The van der Waals surface area contributed by atoms with Crippen molar-refractivity contribution >= 4 is 11.8 Å². The Morgan fingerprint density at radius 1 is 1.33 bits per heavy atom. The highest BCUT2D eigenvalue weighted by Gasteiger charge is 2.24. The minimum atomic E-state index is -0.0256. The van der Waals surface area contributed by atoms with Crippen LogP contribution in [0.3, 0.4) is 0 Å². The third-order valence-corrected chi connectivity index (χ3v) is 3.77. The van der Waals surface area contributed by atoms with Gasteiger partial charge < -0.3 is 4.74 Å². The molecule has 0 bridgehead atoms. The van der Waals surface area contributed by atoms with Crippen LogP contribution >= 0.6 is 11.8 Å². The average Bonchev–Trinajstić information content (AvgIpc) is 2.57. The lowest BCUT2D eigenvalue weighted by atomic mass is 10.0. The molecule has 2 heteroatoms. The number of fused-ring (bicyclic) bond motifs is 1. The van der Waals surface area contributed by atoms with Gasteiger partial charge in [0.1, 0.15) is 0 Å². The molecule has 0 N–H and O–H groups in total. The molecule has 0 aromatic heterocycles. The molecule has 0 saturated carbocycles. The van der Waals surface area contributed by atoms with Crippen molar-refractivity contribution in [2.45, 2.75) is 37.2 Å². The monoisotopic (exact) mass is 222 g/mol. The summed E-state index contributed by atoms with van der Waals surface area (Å²) in [5.74, 6) is 1.74. The van der Waals surface area contributed by atoms with E-state index >= 15 is 0 Å². The normalized spacial score (nSPS) is 20.3. The van der Waals surface area contributed by atoms with Crippen LogP contribution in [0.15, 0.2) is 29.2 Å². The third kappa shape index (κ3) is 2.76. The molecule has 0 radical (unpaired) electrons. The molecule has 15 heavy (non-hydrogen) atoms. The molecule has 0 aliphatic carbocycles. The lowest BCUT2D eigenvalue weighted by Crippen LogP contribution is -2.22. The van der Waals surface area contributed by atoms with Crippen molar-refractivity contribution in [3.63, 3.8) is 0 Å². The Labute approximate surface area is 96.2 Å². The molecule has 1 aromatic carbocycles. The number of ether oxygens (including phenoxy) is 1. The van der Waals surface area contributed by atoms with Crippen LogP contribution in [0.25, 0.3) is 0 Å². The van der Waals surface area contributed by atoms with E-state index in [0.29, 0.717) is 5.92 Å². The maximum absolute atomic E-state index is 5.86. The summed E-state index contributed by atoms with van der Waals surface area (Å²) in [6, 6.07) is 8.66. The van der Waals surface area contributed by atoms with Gasteiger partial charge >= 0.3 is 0 Å². The zero-order valence-corrected chi connectivity index (χ0v) is 10.4. The molecule has 1 aliphatic rings. The molecular formula is C13H18OS. The standard InChI is InChI=1S/C13H18OS/c1-13(2,3)14-8-10-9-15-12-7-5-4-6-11(10)12/h4-7,10H,8-9H2,1-3H3. The van der Waals surface area contributed by atoms with Gasteiger partial charge in [-0.2, -0.15) is 0 Å². The van der Waals surface area contributed by atoms with Gasteiger partial charge in [0.25, 0.3) is 0 Å². The molecule has 0 fully saturated rings. The molecule has 1 unspecified atom stereocenters. The molecule has 2 rings (SSSR count). The second-order valence-electron chi connectivity index (χ2n) is 4.97. The third-order valence-electron chi connectivity index (χ3n) is 2.52. The minimum absolute atomic E-state index is 0.0256. The molecule has 1 nitrogen and oxygen atoms in total. The van der Waals surface area contributed by atoms with Crippen LogP contribution in [0.2, 0.25) is 0 Å². The van der Waals surface area contributed by atoms with E-state index in [1.807, 2.05) is 11.8 Å². The van der Waals surface area contributed by atoms with Crippen molar-refractivity contribution in [1.82, 2.24) is 0 Å². The first-order chi connectivity index (χ1) is 7.06. The van der Waals surface area contributed by atoms with Crippen molar-refractivity contribution in [3.8, 4) is 0 Å². The lowest BCUT2D eigenvalue weighted by Gasteiger charge is -2.22. The Kier molecular flexibility index (Phi) is 3.08. The highest BCUT2D eigenvalue weighted by Crippen LogP contribution is 2.39. The summed E-state index contributed by atoms with van der Waals surface area (Å²) < 4.78 is 5.86. The van der Waals surface area contributed by atoms with Gasteiger partial charge in [-0.1, -0.05) is 18.2 Å². The van der Waals surface area contributed by atoms with Crippen LogP contribution in [-0.2, 0) is 4.74 Å². The van der Waals surface area contributed by atoms with Crippen LogP contribution < -0.4 is 0 Å². The van der Waals surface area contributed by atoms with E-state index in [4.69, 9.17) is 4.74 Å². The zero-order chi connectivity index (χ0) is 10.9. The molecular weight excluding hydrogens is 204 g/mol. The Balaban J connectivity index is 2.02. The van der Waals surface area contributed by atoms with Crippen molar-refractivity contribution in [3.05, 3.63) is 29.8 Å². The van der Waals surface area contributed by atoms with Crippen LogP contribution in [0.5, 0.6) is 0 Å². The number of rotatable bonds is 2. The van der Waals surface area contributed by atoms with E-state index in [1.165, 1.54) is 10.5 Å². The predicted molar refractivity (Wildman–Crippen MR) is 65.6 cm³/mol. The van der Waals surface area contributed by atoms with Crippen LogP contribution in [-0.4, -0.2) is 18.0 Å². The Morgan fingerprint density at radius 2 is 2.07 bits per heavy atom. The highest BCUT2D eigenvalue weighted by molar-refractivity contribution is 7.99. The maximum atomic E-state index is 5.86. The van der Waals surface area contributed by atoms with E-state index in [-0.39, 0.29) is 5.60 Å². The van der Waals surface area contributed by atoms with E-state index in [2.05, 4.69) is 45.0 Å². The van der Waals surface area contributed by atoms with Gasteiger partial charge in [0.2, 0.25) is 0 Å². The quantitative estimate of drug-likeness (QED) is 0.754. The van der Waals surface area contributed by atoms with Gasteiger partial charge in [0.05, 0.1) is 12.2 Å². The Hall–Kier alpha value is -0.470. The molecule has 1 heterocycles. The summed E-state index contributed by atoms with van der Waals surface area (Å²) in [6.07, 6.45) is 0. The summed E-state index contributed by atoms with van der Waals surface area (Å²) in [7, 11) is 0. The topological polar surface area (TPSA) is 9.23 Å². The molecule has 82 valence electrons. The fourth-order valence-corrected chi connectivity index (χ4v) is 2.95. The first-order valence-corrected chi connectivity index (χ1v) is 6.40. The highest BCUT2D eigenvalue weighted by atomic mass is 32.2. The van der Waals surface area contributed by atoms with Gasteiger partial charge in [-0.25, -0.2) is 0 Å². The summed E-state index contributed by atoms with van der Waals surface area (Å²) >= 11 is 1.95. The predicted octanol–water partition coefficient (Wildman–Crippen LogP) is 3.69. The number of thioether (sulfide) groups is 1. The molecule has 1 atom stereocenters. The first kappa shape index (κ1) is 11.0. The molecule has 0 saturated heterocycles. The van der Waals surface area contributed by atoms with Gasteiger partial charge in [0, 0.05) is 16.6 Å². The average molecular weight is 222 g/mol. The van der Waals surface area contributed by atoms with Gasteiger partial charge in [-0.15, -0.1) is 11.8 Å². The van der Waals surface area contributed by atoms with E-state index in [1.54, 1.807) is 0 Å². The summed E-state index contributed by atoms with van der Waals surface area (Å²) in [5, 5.41) is 0. The first-order valence-electron chi connectivity index (χ1n) is 5.42. The SMILES string of the molecule is CC(C)(C)OCC1CSc2ccccc21. The summed E-state index contributed by atoms with van der Waals surface area (Å²) in [6.45, 7) is 7.18. The van der Waals surface area contributed by atoms with Crippen molar-refractivity contribution in [2.75, 3.05) is 12.4 Å². The smallest absolute Gasteiger partial charge is 0.0598 e. The fourth-order valence-electron chi connectivity index (χ4n) is 1.72. The largest absolute Gasteiger partial charge is 0.375 e. The van der Waals surface area contributed by atoms with Crippen molar-refractivity contribution in [1.29, 1.82) is 0 Å². The maximum Gasteiger partial charge on any atom is 0.0598 e. The molecule has 1 aliphatic heterocycles. The number of hydrogen-bond donors (Lipinski definition) is 0. The van der Waals surface area contributed by atoms with E-state index in [9.17, 15) is 0 Å². The summed E-state index contributed by atoms with van der Waals surface area (Å²) in [5.41, 5.74) is 1.44. The van der Waals surface area contributed by atoms with Gasteiger partial charge in [-0.05, 0) is 32.4 Å². The molecule has 0 spiro atoms. The van der Waals surface area contributed by atoms with E-state index < -0.39 is 0 Å². The van der Waals surface area contributed by atoms with Crippen molar-refractivity contribution in [2.24, 2.45) is 0 Å². The lowest BCUT2D eigenvalue weighted by molar-refractivity contribution is -0.00824. The van der Waals surface area contributed by atoms with Crippen LogP contribution in [0.4, 0.5) is 0 Å². The Bertz CT molecular complexity index is 341.